The molecule has 1 amide bonds. The number of nitrogens with one attached hydrogen (secondary N) is 1. The van der Waals surface area contributed by atoms with Gasteiger partial charge in [0.1, 0.15) is 5.76 Å². The first-order valence-electron chi connectivity index (χ1n) is 8.62. The summed E-state index contributed by atoms with van der Waals surface area (Å²) in [6, 6.07) is 3.56. The minimum absolute atomic E-state index is 0.109. The predicted octanol–water partition coefficient (Wildman–Crippen LogP) is 3.17. The maximum Gasteiger partial charge on any atom is 0.312 e. The molecular weight excluding hydrogens is 374 g/mol. The number of furan rings is 1. The molecule has 4 fully saturated rings. The van der Waals surface area contributed by atoms with Crippen molar-refractivity contribution in [1.82, 2.24) is 5.32 Å². The van der Waals surface area contributed by atoms with Gasteiger partial charge >= 0.3 is 5.97 Å². The first-order chi connectivity index (χ1) is 11.5. The summed E-state index contributed by atoms with van der Waals surface area (Å²) >= 11 is 3.89. The summed E-state index contributed by atoms with van der Waals surface area (Å²) in [5, 5.41) is 2.70. The zero-order valence-corrected chi connectivity index (χ0v) is 15.1. The smallest absolute Gasteiger partial charge is 0.312 e. The molecule has 24 heavy (non-hydrogen) atoms. The second kappa shape index (κ2) is 5.90. The normalized spacial score (nSPS) is 36.5. The molecule has 1 heterocycles. The molecule has 0 aromatic carbocycles. The maximum atomic E-state index is 12.7. The van der Waals surface area contributed by atoms with Crippen LogP contribution in [-0.2, 0) is 20.9 Å². The molecular formula is C18H22BrNO4. The van der Waals surface area contributed by atoms with Crippen LogP contribution in [0.3, 0.4) is 0 Å². The lowest BCUT2D eigenvalue weighted by atomic mass is 9.49. The number of amides is 1. The molecule has 5 rings (SSSR count). The number of carbonyl (C=O) groups excluding carboxylic acids is 2. The maximum absolute atomic E-state index is 12.7. The van der Waals surface area contributed by atoms with E-state index in [9.17, 15) is 9.59 Å². The van der Waals surface area contributed by atoms with Crippen molar-refractivity contribution in [1.29, 1.82) is 0 Å². The molecule has 0 spiro atoms. The average Bonchev–Trinajstić information content (AvgIpc) is 3.01. The van der Waals surface area contributed by atoms with Crippen molar-refractivity contribution in [2.24, 2.45) is 17.3 Å². The van der Waals surface area contributed by atoms with Gasteiger partial charge in [-0.2, -0.15) is 0 Å². The van der Waals surface area contributed by atoms with E-state index in [-0.39, 0.29) is 28.2 Å². The van der Waals surface area contributed by atoms with Gasteiger partial charge in [0.15, 0.2) is 6.61 Å². The monoisotopic (exact) mass is 395 g/mol. The first-order valence-corrected chi connectivity index (χ1v) is 9.41. The van der Waals surface area contributed by atoms with Crippen molar-refractivity contribution in [3.63, 3.8) is 0 Å². The average molecular weight is 396 g/mol. The summed E-state index contributed by atoms with van der Waals surface area (Å²) in [5.41, 5.74) is -0.380. The Morgan fingerprint density at radius 1 is 1.29 bits per heavy atom. The number of hydrogen-bond donors (Lipinski definition) is 1. The van der Waals surface area contributed by atoms with Gasteiger partial charge in [0.2, 0.25) is 0 Å². The molecule has 0 saturated heterocycles. The Hall–Kier alpha value is -1.30. The Morgan fingerprint density at radius 2 is 2.04 bits per heavy atom. The number of esters is 1. The first kappa shape index (κ1) is 16.2. The fourth-order valence-electron chi connectivity index (χ4n) is 5.32. The number of rotatable bonds is 5. The molecule has 0 aliphatic heterocycles. The number of halogens is 1. The van der Waals surface area contributed by atoms with E-state index >= 15 is 0 Å². The molecule has 4 bridgehead atoms. The zero-order chi connectivity index (χ0) is 16.8. The summed E-state index contributed by atoms with van der Waals surface area (Å²) in [6.45, 7) is 0.0924. The summed E-state index contributed by atoms with van der Waals surface area (Å²) < 4.78 is 10.7. The van der Waals surface area contributed by atoms with Crippen molar-refractivity contribution in [3.05, 3.63) is 24.2 Å². The van der Waals surface area contributed by atoms with Crippen molar-refractivity contribution in [2.45, 2.75) is 49.4 Å². The van der Waals surface area contributed by atoms with Gasteiger partial charge in [0, 0.05) is 4.32 Å². The van der Waals surface area contributed by atoms with Gasteiger partial charge in [0.05, 0.1) is 18.2 Å². The Bertz CT molecular complexity index is 627. The zero-order valence-electron chi connectivity index (χ0n) is 13.6. The lowest BCUT2D eigenvalue weighted by molar-refractivity contribution is -0.171. The van der Waals surface area contributed by atoms with Crippen LogP contribution in [0.4, 0.5) is 0 Å². The van der Waals surface area contributed by atoms with Crippen molar-refractivity contribution in [3.8, 4) is 0 Å². The second-order valence-corrected chi connectivity index (χ2v) is 9.51. The molecule has 2 unspecified atom stereocenters. The lowest BCUT2D eigenvalue weighted by Gasteiger charge is -2.58. The van der Waals surface area contributed by atoms with Gasteiger partial charge in [-0.3, -0.25) is 9.59 Å². The fraction of sp³-hybridized carbons (Fsp3) is 0.667. The van der Waals surface area contributed by atoms with Crippen LogP contribution in [0.1, 0.15) is 44.3 Å². The molecule has 4 aliphatic rings. The highest BCUT2D eigenvalue weighted by Gasteiger charge is 2.60. The Balaban J connectivity index is 1.32. The molecule has 1 N–H and O–H groups in total. The minimum atomic E-state index is -0.380. The molecule has 6 heteroatoms. The highest BCUT2D eigenvalue weighted by atomic mass is 79.9. The van der Waals surface area contributed by atoms with Gasteiger partial charge in [-0.05, 0) is 62.5 Å². The van der Waals surface area contributed by atoms with E-state index in [0.717, 1.165) is 19.3 Å². The molecule has 0 radical (unpaired) electrons. The topological polar surface area (TPSA) is 68.5 Å². The molecule has 4 aliphatic carbocycles. The van der Waals surface area contributed by atoms with E-state index in [1.165, 1.54) is 19.3 Å². The van der Waals surface area contributed by atoms with E-state index in [4.69, 9.17) is 9.15 Å². The summed E-state index contributed by atoms with van der Waals surface area (Å²) in [5.74, 6) is 1.43. The van der Waals surface area contributed by atoms with Crippen molar-refractivity contribution in [2.75, 3.05) is 6.61 Å². The highest BCUT2D eigenvalue weighted by molar-refractivity contribution is 9.10. The van der Waals surface area contributed by atoms with Gasteiger partial charge in [0.25, 0.3) is 5.91 Å². The van der Waals surface area contributed by atoms with Crippen LogP contribution in [0.25, 0.3) is 0 Å². The molecule has 1 aromatic heterocycles. The second-order valence-electron chi connectivity index (χ2n) is 7.82. The third-order valence-electron chi connectivity index (χ3n) is 5.80. The fourth-order valence-corrected chi connectivity index (χ4v) is 6.78. The van der Waals surface area contributed by atoms with Gasteiger partial charge in [-0.15, -0.1) is 0 Å². The lowest BCUT2D eigenvalue weighted by Crippen LogP contribution is -2.56. The van der Waals surface area contributed by atoms with E-state index in [0.29, 0.717) is 24.1 Å². The van der Waals surface area contributed by atoms with Gasteiger partial charge < -0.3 is 14.5 Å². The Morgan fingerprint density at radius 3 is 2.67 bits per heavy atom. The predicted molar refractivity (Wildman–Crippen MR) is 90.3 cm³/mol. The third kappa shape index (κ3) is 3.01. The quantitative estimate of drug-likeness (QED) is 0.613. The standard InChI is InChI=1S/C18H22BrNO4/c19-18-7-12-4-13(8-18)6-17(5-12,11-18)16(22)24-10-15(21)20-9-14-2-1-3-23-14/h1-3,12-13H,4-11H2,(H,20,21)/t12-,13+,17?,18?. The summed E-state index contributed by atoms with van der Waals surface area (Å²) in [7, 11) is 0. The number of alkyl halides is 1. The van der Waals surface area contributed by atoms with Crippen LogP contribution in [-0.4, -0.2) is 22.8 Å². The highest BCUT2D eigenvalue weighted by Crippen LogP contribution is 2.64. The third-order valence-corrected chi connectivity index (χ3v) is 6.72. The number of hydrogen-bond acceptors (Lipinski definition) is 4. The largest absolute Gasteiger partial charge is 0.467 e. The Kier molecular flexibility index (Phi) is 3.98. The van der Waals surface area contributed by atoms with Gasteiger partial charge in [-0.1, -0.05) is 15.9 Å². The molecule has 1 aromatic rings. The number of carbonyl (C=O) groups is 2. The van der Waals surface area contributed by atoms with Crippen LogP contribution in [0.5, 0.6) is 0 Å². The SMILES string of the molecule is O=C(COC(=O)C12C[C@@H]3C[C@@H](CC(Br)(C3)C1)C2)NCc1ccco1. The molecule has 130 valence electrons. The van der Waals surface area contributed by atoms with E-state index < -0.39 is 0 Å². The molecule has 5 nitrogen and oxygen atoms in total. The van der Waals surface area contributed by atoms with E-state index in [1.807, 2.05) is 0 Å². The summed E-state index contributed by atoms with van der Waals surface area (Å²) in [6.07, 6.45) is 7.83. The van der Waals surface area contributed by atoms with E-state index in [1.54, 1.807) is 18.4 Å². The van der Waals surface area contributed by atoms with Gasteiger partial charge in [-0.25, -0.2) is 0 Å². The Labute approximate surface area is 149 Å². The van der Waals surface area contributed by atoms with Crippen LogP contribution in [0.15, 0.2) is 22.8 Å². The van der Waals surface area contributed by atoms with Crippen LogP contribution in [0.2, 0.25) is 0 Å². The van der Waals surface area contributed by atoms with Crippen LogP contribution >= 0.6 is 15.9 Å². The summed E-state index contributed by atoms with van der Waals surface area (Å²) in [4.78, 5) is 24.6. The number of ether oxygens (including phenoxy) is 1. The van der Waals surface area contributed by atoms with Crippen LogP contribution in [0, 0.1) is 17.3 Å². The van der Waals surface area contributed by atoms with Crippen molar-refractivity contribution >= 4 is 27.8 Å². The minimum Gasteiger partial charge on any atom is -0.467 e. The molecule has 4 atom stereocenters. The van der Waals surface area contributed by atoms with Crippen LogP contribution < -0.4 is 5.32 Å². The molecule has 4 saturated carbocycles. The van der Waals surface area contributed by atoms with Crippen molar-refractivity contribution < 1.29 is 18.7 Å². The van der Waals surface area contributed by atoms with E-state index in [2.05, 4.69) is 21.2 Å².